The number of hydrogen-bond acceptors (Lipinski definition) is 8. The summed E-state index contributed by atoms with van der Waals surface area (Å²) in [6, 6.07) is 15.4. The predicted octanol–water partition coefficient (Wildman–Crippen LogP) is 2.63. The van der Waals surface area contributed by atoms with Crippen molar-refractivity contribution in [2.75, 3.05) is 55.5 Å². The van der Waals surface area contributed by atoms with Gasteiger partial charge in [0.25, 0.3) is 0 Å². The molecule has 1 aliphatic heterocycles. The van der Waals surface area contributed by atoms with Crippen LogP contribution in [0.5, 0.6) is 5.75 Å². The van der Waals surface area contributed by atoms with Gasteiger partial charge in [0.15, 0.2) is 0 Å². The first-order valence-corrected chi connectivity index (χ1v) is 10.4. The van der Waals surface area contributed by atoms with Crippen LogP contribution in [0, 0.1) is 0 Å². The maximum absolute atomic E-state index is 11.6. The number of nitrogens with one attached hydrogen (secondary N) is 2. The van der Waals surface area contributed by atoms with Gasteiger partial charge in [0, 0.05) is 36.2 Å². The molecule has 0 saturated carbocycles. The minimum absolute atomic E-state index is 0.0979. The van der Waals surface area contributed by atoms with Crippen LogP contribution in [-0.4, -0.2) is 55.8 Å². The molecule has 0 atom stereocenters. The van der Waals surface area contributed by atoms with E-state index in [1.54, 1.807) is 19.4 Å². The highest BCUT2D eigenvalue weighted by molar-refractivity contribution is 5.94. The number of benzene rings is 2. The Morgan fingerprint density at radius 3 is 2.66 bits per heavy atom. The molecule has 1 saturated heterocycles. The first kappa shape index (κ1) is 21.5. The van der Waals surface area contributed by atoms with E-state index in [1.807, 2.05) is 30.3 Å². The van der Waals surface area contributed by atoms with Crippen LogP contribution < -0.4 is 26.0 Å². The van der Waals surface area contributed by atoms with Gasteiger partial charge in [-0.15, -0.1) is 0 Å². The van der Waals surface area contributed by atoms with E-state index in [2.05, 4.69) is 37.6 Å². The maximum atomic E-state index is 11.6. The topological polar surface area (TPSA) is 115 Å². The van der Waals surface area contributed by atoms with Crippen LogP contribution in [0.2, 0.25) is 0 Å². The highest BCUT2D eigenvalue weighted by Crippen LogP contribution is 2.30. The number of ether oxygens (including phenoxy) is 2. The number of morpholine rings is 1. The number of methoxy groups -OCH3 is 1. The summed E-state index contributed by atoms with van der Waals surface area (Å²) in [4.78, 5) is 22.9. The van der Waals surface area contributed by atoms with Crippen molar-refractivity contribution < 1.29 is 14.3 Å². The molecule has 1 amide bonds. The van der Waals surface area contributed by atoms with Crippen LogP contribution in [-0.2, 0) is 9.53 Å². The van der Waals surface area contributed by atoms with Gasteiger partial charge in [-0.2, -0.15) is 0 Å². The lowest BCUT2D eigenvalue weighted by Crippen LogP contribution is -2.36. The lowest BCUT2D eigenvalue weighted by Gasteiger charge is -2.28. The van der Waals surface area contributed by atoms with Crippen LogP contribution in [0.1, 0.15) is 0 Å². The second kappa shape index (κ2) is 10.1. The highest BCUT2D eigenvalue weighted by Gasteiger charge is 2.12. The van der Waals surface area contributed by atoms with Crippen LogP contribution >= 0.6 is 0 Å². The predicted molar refractivity (Wildman–Crippen MR) is 124 cm³/mol. The van der Waals surface area contributed by atoms with Gasteiger partial charge >= 0.3 is 0 Å². The van der Waals surface area contributed by atoms with Crippen molar-refractivity contribution in [3.05, 3.63) is 54.7 Å². The molecule has 0 aliphatic carbocycles. The van der Waals surface area contributed by atoms with E-state index >= 15 is 0 Å². The molecule has 166 valence electrons. The molecule has 1 fully saturated rings. The molecule has 4 rings (SSSR count). The molecule has 0 bridgehead atoms. The van der Waals surface area contributed by atoms with Gasteiger partial charge in [-0.05, 0) is 42.5 Å². The number of hydrogen-bond donors (Lipinski definition) is 3. The zero-order valence-corrected chi connectivity index (χ0v) is 17.9. The van der Waals surface area contributed by atoms with E-state index < -0.39 is 0 Å². The lowest BCUT2D eigenvalue weighted by atomic mass is 10.1. The molecular weight excluding hydrogens is 408 g/mol. The van der Waals surface area contributed by atoms with Gasteiger partial charge in [-0.25, -0.2) is 9.97 Å². The third-order valence-corrected chi connectivity index (χ3v) is 5.11. The van der Waals surface area contributed by atoms with Crippen molar-refractivity contribution in [1.29, 1.82) is 0 Å². The number of aromatic nitrogens is 2. The van der Waals surface area contributed by atoms with E-state index in [1.165, 1.54) is 5.69 Å². The summed E-state index contributed by atoms with van der Waals surface area (Å²) < 4.78 is 10.8. The lowest BCUT2D eigenvalue weighted by molar-refractivity contribution is -0.114. The molecule has 0 radical (unpaired) electrons. The van der Waals surface area contributed by atoms with Crippen LogP contribution in [0.25, 0.3) is 11.3 Å². The number of carbonyl (C=O) groups excluding carboxylic acids is 1. The van der Waals surface area contributed by atoms with Crippen molar-refractivity contribution in [2.45, 2.75) is 0 Å². The quantitative estimate of drug-likeness (QED) is 0.520. The summed E-state index contributed by atoms with van der Waals surface area (Å²) in [7, 11) is 1.55. The number of rotatable bonds is 7. The Hall–Kier alpha value is -3.69. The average Bonchev–Trinajstić information content (AvgIpc) is 2.85. The fourth-order valence-electron chi connectivity index (χ4n) is 3.44. The Bertz CT molecular complexity index is 1070. The summed E-state index contributed by atoms with van der Waals surface area (Å²) in [5.74, 6) is 0.724. The number of amides is 1. The Labute approximate surface area is 186 Å². The number of nitrogens with two attached hydrogens (primary N) is 1. The Balaban J connectivity index is 1.49. The zero-order valence-electron chi connectivity index (χ0n) is 17.9. The summed E-state index contributed by atoms with van der Waals surface area (Å²) in [5.41, 5.74) is 9.56. The van der Waals surface area contributed by atoms with Crippen molar-refractivity contribution in [2.24, 2.45) is 5.73 Å². The fraction of sp³-hybridized carbons (Fsp3) is 0.261. The third-order valence-electron chi connectivity index (χ3n) is 5.11. The molecule has 2 aromatic carbocycles. The zero-order chi connectivity index (χ0) is 22.3. The van der Waals surface area contributed by atoms with Gasteiger partial charge in [0.05, 0.1) is 38.2 Å². The standard InChI is InChI=1S/C23H26N6O3/c1-31-21-14-16(2-7-20(21)27-22(30)15-24)19-8-9-25-23(28-19)26-17-3-5-18(6-4-17)29-10-12-32-13-11-29/h2-9,14H,10-13,15,24H2,1H3,(H,27,30)(H,25,26,28). The van der Waals surface area contributed by atoms with Crippen molar-refractivity contribution in [3.63, 3.8) is 0 Å². The molecule has 9 nitrogen and oxygen atoms in total. The largest absolute Gasteiger partial charge is 0.495 e. The second-order valence-electron chi connectivity index (χ2n) is 7.20. The van der Waals surface area contributed by atoms with Gasteiger partial charge in [-0.1, -0.05) is 6.07 Å². The van der Waals surface area contributed by atoms with E-state index in [0.29, 0.717) is 17.4 Å². The summed E-state index contributed by atoms with van der Waals surface area (Å²) >= 11 is 0. The van der Waals surface area contributed by atoms with Crippen molar-refractivity contribution in [1.82, 2.24) is 9.97 Å². The van der Waals surface area contributed by atoms with Crippen LogP contribution in [0.3, 0.4) is 0 Å². The molecule has 0 spiro atoms. The Morgan fingerprint density at radius 1 is 1.16 bits per heavy atom. The highest BCUT2D eigenvalue weighted by atomic mass is 16.5. The first-order valence-electron chi connectivity index (χ1n) is 10.4. The van der Waals surface area contributed by atoms with Crippen LogP contribution in [0.15, 0.2) is 54.7 Å². The molecule has 1 aromatic heterocycles. The number of anilines is 4. The van der Waals surface area contributed by atoms with Crippen molar-refractivity contribution in [3.8, 4) is 17.0 Å². The molecule has 2 heterocycles. The second-order valence-corrected chi connectivity index (χ2v) is 7.20. The Morgan fingerprint density at radius 2 is 1.94 bits per heavy atom. The van der Waals surface area contributed by atoms with Gasteiger partial charge in [-0.3, -0.25) is 4.79 Å². The third kappa shape index (κ3) is 5.13. The summed E-state index contributed by atoms with van der Waals surface area (Å²) in [6.07, 6.45) is 1.70. The molecule has 3 aromatic rings. The molecule has 1 aliphatic rings. The van der Waals surface area contributed by atoms with E-state index in [9.17, 15) is 4.79 Å². The van der Waals surface area contributed by atoms with Gasteiger partial charge in [0.1, 0.15) is 5.75 Å². The normalized spacial score (nSPS) is 13.5. The van der Waals surface area contributed by atoms with Crippen LogP contribution in [0.4, 0.5) is 23.0 Å². The Kier molecular flexibility index (Phi) is 6.78. The summed E-state index contributed by atoms with van der Waals surface area (Å²) in [6.45, 7) is 3.21. The molecular formula is C23H26N6O3. The molecule has 0 unspecified atom stereocenters. The minimum Gasteiger partial charge on any atom is -0.495 e. The maximum Gasteiger partial charge on any atom is 0.238 e. The van der Waals surface area contributed by atoms with E-state index in [4.69, 9.17) is 15.2 Å². The SMILES string of the molecule is COc1cc(-c2ccnc(Nc3ccc(N4CCOCC4)cc3)n2)ccc1NC(=O)CN. The smallest absolute Gasteiger partial charge is 0.238 e. The van der Waals surface area contributed by atoms with Gasteiger partial charge < -0.3 is 30.7 Å². The average molecular weight is 435 g/mol. The molecule has 4 N–H and O–H groups in total. The van der Waals surface area contributed by atoms with E-state index in [-0.39, 0.29) is 12.5 Å². The number of nitrogens with zero attached hydrogens (tertiary/aromatic N) is 3. The molecule has 9 heteroatoms. The number of carbonyl (C=O) groups is 1. The van der Waals surface area contributed by atoms with E-state index in [0.717, 1.165) is 43.2 Å². The fourth-order valence-corrected chi connectivity index (χ4v) is 3.44. The first-order chi connectivity index (χ1) is 15.7. The molecule has 32 heavy (non-hydrogen) atoms. The summed E-state index contributed by atoms with van der Waals surface area (Å²) in [5, 5.41) is 5.97. The van der Waals surface area contributed by atoms with Crippen molar-refractivity contribution >= 4 is 28.9 Å². The monoisotopic (exact) mass is 434 g/mol. The van der Waals surface area contributed by atoms with Gasteiger partial charge in [0.2, 0.25) is 11.9 Å². The minimum atomic E-state index is -0.288.